The molecule has 4 nitrogen and oxygen atoms in total. The molecule has 0 amide bonds. The van der Waals surface area contributed by atoms with E-state index in [0.29, 0.717) is 5.95 Å². The van der Waals surface area contributed by atoms with Gasteiger partial charge < -0.3 is 10.6 Å². The molecular weight excluding hydrogens is 364 g/mol. The Hall–Kier alpha value is -2.40. The Balaban J connectivity index is 1.65. The Morgan fingerprint density at radius 3 is 2.58 bits per heavy atom. The first-order chi connectivity index (χ1) is 11.7. The third kappa shape index (κ3) is 4.80. The van der Waals surface area contributed by atoms with Crippen LogP contribution in [0.3, 0.4) is 0 Å². The maximum absolute atomic E-state index is 4.54. The number of anilines is 3. The zero-order chi connectivity index (χ0) is 16.8. The van der Waals surface area contributed by atoms with Gasteiger partial charge in [0.15, 0.2) is 0 Å². The molecule has 1 aromatic heterocycles. The molecule has 3 aromatic rings. The zero-order valence-corrected chi connectivity index (χ0v) is 15.0. The van der Waals surface area contributed by atoms with E-state index in [1.165, 1.54) is 5.56 Å². The molecule has 0 aliphatic rings. The molecule has 0 saturated heterocycles. The van der Waals surface area contributed by atoms with Crippen LogP contribution >= 0.6 is 15.9 Å². The normalized spacial score (nSPS) is 10.4. The highest BCUT2D eigenvalue weighted by Crippen LogP contribution is 2.19. The number of halogens is 1. The van der Waals surface area contributed by atoms with Crippen molar-refractivity contribution in [1.29, 1.82) is 0 Å². The molecule has 0 aliphatic heterocycles. The second kappa shape index (κ2) is 7.93. The Kier molecular flexibility index (Phi) is 5.43. The summed E-state index contributed by atoms with van der Waals surface area (Å²) in [6, 6.07) is 20.3. The van der Waals surface area contributed by atoms with Crippen LogP contribution in [0.4, 0.5) is 17.5 Å². The van der Waals surface area contributed by atoms with Gasteiger partial charge in [-0.25, -0.2) is 4.98 Å². The third-order valence-corrected chi connectivity index (χ3v) is 3.99. The van der Waals surface area contributed by atoms with Crippen molar-refractivity contribution >= 4 is 33.4 Å². The molecule has 1 heterocycles. The van der Waals surface area contributed by atoms with Crippen molar-refractivity contribution < 1.29 is 0 Å². The number of hydrogen-bond donors (Lipinski definition) is 2. The zero-order valence-electron chi connectivity index (χ0n) is 13.5. The monoisotopic (exact) mass is 382 g/mol. The molecule has 2 N–H and O–H groups in total. The molecule has 0 atom stereocenters. The fourth-order valence-corrected chi connectivity index (χ4v) is 2.79. The van der Waals surface area contributed by atoms with Crippen molar-refractivity contribution in [3.63, 3.8) is 0 Å². The molecular formula is C19H19BrN4. The highest BCUT2D eigenvalue weighted by molar-refractivity contribution is 9.10. The van der Waals surface area contributed by atoms with Crippen LogP contribution in [0, 0.1) is 6.92 Å². The molecule has 0 fully saturated rings. The highest BCUT2D eigenvalue weighted by Gasteiger charge is 2.03. The van der Waals surface area contributed by atoms with Crippen LogP contribution in [0.1, 0.15) is 11.3 Å². The summed E-state index contributed by atoms with van der Waals surface area (Å²) in [5.74, 6) is 1.42. The standard InChI is InChI=1S/C19H19BrN4/c1-14-12-18(21-11-10-15-6-3-2-4-7-15)24-19(22-14)23-17-9-5-8-16(20)13-17/h2-9,12-13H,10-11H2,1H3,(H2,21,22,23,24). The molecule has 3 rings (SSSR count). The molecule has 0 aliphatic carbocycles. The average Bonchev–Trinajstić information content (AvgIpc) is 2.55. The minimum absolute atomic E-state index is 0.593. The van der Waals surface area contributed by atoms with Gasteiger partial charge in [0, 0.05) is 28.5 Å². The van der Waals surface area contributed by atoms with Crippen molar-refractivity contribution in [3.05, 3.63) is 76.4 Å². The van der Waals surface area contributed by atoms with Gasteiger partial charge in [-0.3, -0.25) is 0 Å². The van der Waals surface area contributed by atoms with E-state index in [9.17, 15) is 0 Å². The first-order valence-electron chi connectivity index (χ1n) is 7.85. The van der Waals surface area contributed by atoms with Crippen LogP contribution in [0.2, 0.25) is 0 Å². The van der Waals surface area contributed by atoms with E-state index in [1.54, 1.807) is 0 Å². The van der Waals surface area contributed by atoms with Gasteiger partial charge >= 0.3 is 0 Å². The summed E-state index contributed by atoms with van der Waals surface area (Å²) in [6.07, 6.45) is 0.957. The van der Waals surface area contributed by atoms with Gasteiger partial charge in [-0.15, -0.1) is 0 Å². The van der Waals surface area contributed by atoms with Crippen molar-refractivity contribution in [2.75, 3.05) is 17.2 Å². The fourth-order valence-electron chi connectivity index (χ4n) is 2.39. The lowest BCUT2D eigenvalue weighted by Crippen LogP contribution is -2.08. The summed E-state index contributed by atoms with van der Waals surface area (Å²) in [5, 5.41) is 6.61. The summed E-state index contributed by atoms with van der Waals surface area (Å²) in [7, 11) is 0. The van der Waals surface area contributed by atoms with Crippen LogP contribution in [0.15, 0.2) is 65.1 Å². The number of aromatic nitrogens is 2. The van der Waals surface area contributed by atoms with E-state index in [4.69, 9.17) is 0 Å². The lowest BCUT2D eigenvalue weighted by atomic mass is 10.1. The molecule has 5 heteroatoms. The SMILES string of the molecule is Cc1cc(NCCc2ccccc2)nc(Nc2cccc(Br)c2)n1. The van der Waals surface area contributed by atoms with Gasteiger partial charge in [0.05, 0.1) is 0 Å². The fraction of sp³-hybridized carbons (Fsp3) is 0.158. The quantitative estimate of drug-likeness (QED) is 0.633. The largest absolute Gasteiger partial charge is 0.370 e. The van der Waals surface area contributed by atoms with Crippen molar-refractivity contribution in [3.8, 4) is 0 Å². The lowest BCUT2D eigenvalue weighted by molar-refractivity contribution is 0.995. The second-order valence-electron chi connectivity index (χ2n) is 5.52. The van der Waals surface area contributed by atoms with E-state index < -0.39 is 0 Å². The average molecular weight is 383 g/mol. The van der Waals surface area contributed by atoms with E-state index >= 15 is 0 Å². The molecule has 0 unspecified atom stereocenters. The Labute approximate surface area is 150 Å². The van der Waals surface area contributed by atoms with Gasteiger partial charge in [-0.2, -0.15) is 4.98 Å². The first-order valence-corrected chi connectivity index (χ1v) is 8.64. The van der Waals surface area contributed by atoms with Crippen molar-refractivity contribution in [2.24, 2.45) is 0 Å². The number of aryl methyl sites for hydroxylation is 1. The van der Waals surface area contributed by atoms with Gasteiger partial charge in [0.25, 0.3) is 0 Å². The lowest BCUT2D eigenvalue weighted by Gasteiger charge is -2.10. The van der Waals surface area contributed by atoms with Crippen molar-refractivity contribution in [1.82, 2.24) is 9.97 Å². The smallest absolute Gasteiger partial charge is 0.229 e. The Morgan fingerprint density at radius 1 is 0.958 bits per heavy atom. The molecule has 24 heavy (non-hydrogen) atoms. The van der Waals surface area contributed by atoms with Gasteiger partial charge in [-0.05, 0) is 37.1 Å². The summed E-state index contributed by atoms with van der Waals surface area (Å²) in [6.45, 7) is 2.80. The van der Waals surface area contributed by atoms with Gasteiger partial charge in [0.1, 0.15) is 5.82 Å². The molecule has 2 aromatic carbocycles. The van der Waals surface area contributed by atoms with E-state index in [0.717, 1.165) is 34.6 Å². The molecule has 0 spiro atoms. The third-order valence-electron chi connectivity index (χ3n) is 3.50. The first kappa shape index (κ1) is 16.5. The van der Waals surface area contributed by atoms with Crippen LogP contribution in [0.5, 0.6) is 0 Å². The minimum Gasteiger partial charge on any atom is -0.370 e. The van der Waals surface area contributed by atoms with Crippen LogP contribution in [0.25, 0.3) is 0 Å². The second-order valence-corrected chi connectivity index (χ2v) is 6.43. The maximum Gasteiger partial charge on any atom is 0.229 e. The topological polar surface area (TPSA) is 49.8 Å². The molecule has 0 radical (unpaired) electrons. The molecule has 122 valence electrons. The van der Waals surface area contributed by atoms with Gasteiger partial charge in [-0.1, -0.05) is 52.3 Å². The number of nitrogens with one attached hydrogen (secondary N) is 2. The Bertz CT molecular complexity index is 805. The van der Waals surface area contributed by atoms with E-state index in [1.807, 2.05) is 43.3 Å². The number of nitrogens with zero attached hydrogens (tertiary/aromatic N) is 2. The molecule has 0 bridgehead atoms. The Morgan fingerprint density at radius 2 is 1.79 bits per heavy atom. The molecule has 0 saturated carbocycles. The van der Waals surface area contributed by atoms with Crippen LogP contribution in [-0.4, -0.2) is 16.5 Å². The van der Waals surface area contributed by atoms with Crippen LogP contribution < -0.4 is 10.6 Å². The number of hydrogen-bond acceptors (Lipinski definition) is 4. The predicted molar refractivity (Wildman–Crippen MR) is 103 cm³/mol. The van der Waals surface area contributed by atoms with Crippen LogP contribution in [-0.2, 0) is 6.42 Å². The summed E-state index contributed by atoms with van der Waals surface area (Å²) in [4.78, 5) is 8.99. The minimum atomic E-state index is 0.593. The van der Waals surface area contributed by atoms with E-state index in [2.05, 4.69) is 60.8 Å². The number of benzene rings is 2. The maximum atomic E-state index is 4.54. The van der Waals surface area contributed by atoms with E-state index in [-0.39, 0.29) is 0 Å². The summed E-state index contributed by atoms with van der Waals surface area (Å²) < 4.78 is 1.02. The van der Waals surface area contributed by atoms with Crippen molar-refractivity contribution in [2.45, 2.75) is 13.3 Å². The summed E-state index contributed by atoms with van der Waals surface area (Å²) in [5.41, 5.74) is 3.18. The van der Waals surface area contributed by atoms with Gasteiger partial charge in [0.2, 0.25) is 5.95 Å². The predicted octanol–water partition coefficient (Wildman–Crippen LogP) is 4.95. The summed E-state index contributed by atoms with van der Waals surface area (Å²) >= 11 is 3.47. The number of rotatable bonds is 6. The highest BCUT2D eigenvalue weighted by atomic mass is 79.9.